The second-order valence-corrected chi connectivity index (χ2v) is 6.03. The summed E-state index contributed by atoms with van der Waals surface area (Å²) in [5.74, 6) is -0.722. The van der Waals surface area contributed by atoms with Crippen LogP contribution in [0.15, 0.2) is 12.1 Å². The van der Waals surface area contributed by atoms with Crippen LogP contribution in [0.5, 0.6) is 11.5 Å². The highest BCUT2D eigenvalue weighted by Gasteiger charge is 2.19. The fourth-order valence-corrected chi connectivity index (χ4v) is 2.94. The predicted octanol–water partition coefficient (Wildman–Crippen LogP) is 3.22. The number of rotatable bonds is 3. The van der Waals surface area contributed by atoms with E-state index in [1.165, 1.54) is 32.1 Å². The SMILES string of the molecule is COc1cc(Cl)c(C(=O)NC(=O)NC2CCCCCC2)cc1O. The van der Waals surface area contributed by atoms with Crippen LogP contribution in [0.25, 0.3) is 0 Å². The van der Waals surface area contributed by atoms with Gasteiger partial charge in [-0.2, -0.15) is 0 Å². The van der Waals surface area contributed by atoms with E-state index in [2.05, 4.69) is 10.6 Å². The number of methoxy groups -OCH3 is 1. The first-order chi connectivity index (χ1) is 11.0. The van der Waals surface area contributed by atoms with Crippen molar-refractivity contribution in [1.29, 1.82) is 0 Å². The lowest BCUT2D eigenvalue weighted by Gasteiger charge is -2.16. The quantitative estimate of drug-likeness (QED) is 0.737. The average molecular weight is 341 g/mol. The molecule has 1 saturated carbocycles. The Morgan fingerprint density at radius 1 is 1.22 bits per heavy atom. The van der Waals surface area contributed by atoms with E-state index in [1.54, 1.807) is 0 Å². The topological polar surface area (TPSA) is 87.7 Å². The molecule has 0 radical (unpaired) electrons. The lowest BCUT2D eigenvalue weighted by molar-refractivity contribution is 0.0963. The predicted molar refractivity (Wildman–Crippen MR) is 87.2 cm³/mol. The normalized spacial score (nSPS) is 15.6. The van der Waals surface area contributed by atoms with Gasteiger partial charge in [-0.1, -0.05) is 37.3 Å². The second kappa shape index (κ2) is 8.06. The molecule has 6 nitrogen and oxygen atoms in total. The van der Waals surface area contributed by atoms with E-state index in [-0.39, 0.29) is 28.1 Å². The molecule has 2 rings (SSSR count). The molecular formula is C16H21ClN2O4. The van der Waals surface area contributed by atoms with Crippen molar-refractivity contribution in [3.8, 4) is 11.5 Å². The van der Waals surface area contributed by atoms with Gasteiger partial charge in [0.1, 0.15) is 0 Å². The molecule has 1 aromatic rings. The zero-order valence-corrected chi connectivity index (χ0v) is 13.8. The molecule has 0 saturated heterocycles. The van der Waals surface area contributed by atoms with Crippen LogP contribution < -0.4 is 15.4 Å². The number of carbonyl (C=O) groups excluding carboxylic acids is 2. The third-order valence-corrected chi connectivity index (χ3v) is 4.24. The molecule has 1 aliphatic rings. The largest absolute Gasteiger partial charge is 0.504 e. The third kappa shape index (κ3) is 4.76. The van der Waals surface area contributed by atoms with Crippen molar-refractivity contribution in [2.75, 3.05) is 7.11 Å². The number of phenols is 1. The highest BCUT2D eigenvalue weighted by Crippen LogP contribution is 2.32. The summed E-state index contributed by atoms with van der Waals surface area (Å²) in [5, 5.41) is 14.9. The highest BCUT2D eigenvalue weighted by atomic mass is 35.5. The number of urea groups is 1. The molecule has 1 fully saturated rings. The van der Waals surface area contributed by atoms with Gasteiger partial charge in [-0.05, 0) is 18.9 Å². The van der Waals surface area contributed by atoms with Crippen LogP contribution in [0.3, 0.4) is 0 Å². The molecule has 0 aliphatic heterocycles. The van der Waals surface area contributed by atoms with Crippen molar-refractivity contribution >= 4 is 23.5 Å². The number of ether oxygens (including phenoxy) is 1. The van der Waals surface area contributed by atoms with Crippen molar-refractivity contribution in [2.45, 2.75) is 44.6 Å². The number of amides is 3. The van der Waals surface area contributed by atoms with Gasteiger partial charge >= 0.3 is 6.03 Å². The Morgan fingerprint density at radius 3 is 2.48 bits per heavy atom. The van der Waals surface area contributed by atoms with E-state index in [9.17, 15) is 14.7 Å². The number of imide groups is 1. The van der Waals surface area contributed by atoms with Crippen molar-refractivity contribution in [1.82, 2.24) is 10.6 Å². The monoisotopic (exact) mass is 340 g/mol. The van der Waals surface area contributed by atoms with Gasteiger partial charge < -0.3 is 15.2 Å². The Bertz CT molecular complexity index is 584. The summed E-state index contributed by atoms with van der Waals surface area (Å²) >= 11 is 5.99. The van der Waals surface area contributed by atoms with Gasteiger partial charge in [-0.25, -0.2) is 4.79 Å². The van der Waals surface area contributed by atoms with E-state index >= 15 is 0 Å². The van der Waals surface area contributed by atoms with E-state index < -0.39 is 11.9 Å². The summed E-state index contributed by atoms with van der Waals surface area (Å²) in [6, 6.07) is 2.04. The maximum atomic E-state index is 12.1. The third-order valence-electron chi connectivity index (χ3n) is 3.93. The molecule has 1 aliphatic carbocycles. The van der Waals surface area contributed by atoms with E-state index in [0.717, 1.165) is 25.7 Å². The Labute approximate surface area is 140 Å². The summed E-state index contributed by atoms with van der Waals surface area (Å²) in [6.45, 7) is 0. The van der Waals surface area contributed by atoms with Crippen molar-refractivity contribution in [3.05, 3.63) is 22.7 Å². The van der Waals surface area contributed by atoms with Crippen molar-refractivity contribution in [2.24, 2.45) is 0 Å². The maximum Gasteiger partial charge on any atom is 0.321 e. The number of halogens is 1. The molecule has 126 valence electrons. The first kappa shape index (κ1) is 17.4. The van der Waals surface area contributed by atoms with Crippen LogP contribution >= 0.6 is 11.6 Å². The zero-order valence-electron chi connectivity index (χ0n) is 13.0. The Balaban J connectivity index is 1.98. The highest BCUT2D eigenvalue weighted by molar-refractivity contribution is 6.34. The molecular weight excluding hydrogens is 320 g/mol. The zero-order chi connectivity index (χ0) is 16.8. The number of carbonyl (C=O) groups is 2. The molecule has 0 aromatic heterocycles. The molecule has 7 heteroatoms. The molecule has 0 spiro atoms. The minimum absolute atomic E-state index is 0.0148. The minimum atomic E-state index is -0.668. The minimum Gasteiger partial charge on any atom is -0.504 e. The summed E-state index contributed by atoms with van der Waals surface area (Å²) in [4.78, 5) is 24.1. The van der Waals surface area contributed by atoms with Gasteiger partial charge in [0.25, 0.3) is 5.91 Å². The van der Waals surface area contributed by atoms with Gasteiger partial charge in [0.05, 0.1) is 17.7 Å². The summed E-state index contributed by atoms with van der Waals surface area (Å²) in [6.07, 6.45) is 6.37. The maximum absolute atomic E-state index is 12.1. The Morgan fingerprint density at radius 2 is 1.87 bits per heavy atom. The molecule has 3 N–H and O–H groups in total. The fraction of sp³-hybridized carbons (Fsp3) is 0.500. The number of hydrogen-bond acceptors (Lipinski definition) is 4. The molecule has 0 atom stereocenters. The van der Waals surface area contributed by atoms with Gasteiger partial charge in [-0.3, -0.25) is 10.1 Å². The summed E-state index contributed by atoms with van der Waals surface area (Å²) in [7, 11) is 1.38. The van der Waals surface area contributed by atoms with Gasteiger partial charge in [0.15, 0.2) is 11.5 Å². The molecule has 3 amide bonds. The number of phenolic OH excluding ortho intramolecular Hbond substituents is 1. The van der Waals surface area contributed by atoms with E-state index in [1.807, 2.05) is 0 Å². The lowest BCUT2D eigenvalue weighted by atomic mass is 10.1. The Kier molecular flexibility index (Phi) is 6.10. The van der Waals surface area contributed by atoms with E-state index in [0.29, 0.717) is 0 Å². The van der Waals surface area contributed by atoms with Crippen molar-refractivity contribution < 1.29 is 19.4 Å². The number of hydrogen-bond donors (Lipinski definition) is 3. The number of nitrogens with one attached hydrogen (secondary N) is 2. The summed E-state index contributed by atoms with van der Waals surface area (Å²) in [5.41, 5.74) is 0.0148. The van der Waals surface area contributed by atoms with Crippen LogP contribution in [0.1, 0.15) is 48.9 Å². The summed E-state index contributed by atoms with van der Waals surface area (Å²) < 4.78 is 4.91. The lowest BCUT2D eigenvalue weighted by Crippen LogP contribution is -2.44. The first-order valence-electron chi connectivity index (χ1n) is 7.69. The van der Waals surface area contributed by atoms with Crippen LogP contribution in [0, 0.1) is 0 Å². The van der Waals surface area contributed by atoms with Crippen LogP contribution in [0.4, 0.5) is 4.79 Å². The van der Waals surface area contributed by atoms with Gasteiger partial charge in [0, 0.05) is 12.1 Å². The van der Waals surface area contributed by atoms with Crippen molar-refractivity contribution in [3.63, 3.8) is 0 Å². The standard InChI is InChI=1S/C16H21ClN2O4/c1-23-14-9-12(17)11(8-13(14)20)15(21)19-16(22)18-10-6-4-2-3-5-7-10/h8-10,20H,2-7H2,1H3,(H2,18,19,21,22). The van der Waals surface area contributed by atoms with Gasteiger partial charge in [0.2, 0.25) is 0 Å². The van der Waals surface area contributed by atoms with Gasteiger partial charge in [-0.15, -0.1) is 0 Å². The van der Waals surface area contributed by atoms with Crippen LogP contribution in [-0.4, -0.2) is 30.2 Å². The molecule has 23 heavy (non-hydrogen) atoms. The molecule has 0 bridgehead atoms. The average Bonchev–Trinajstić information content (AvgIpc) is 2.77. The first-order valence-corrected chi connectivity index (χ1v) is 8.07. The molecule has 1 aromatic carbocycles. The van der Waals surface area contributed by atoms with Crippen LogP contribution in [-0.2, 0) is 0 Å². The number of benzene rings is 1. The fourth-order valence-electron chi connectivity index (χ4n) is 2.70. The Hall–Kier alpha value is -1.95. The molecule has 0 unspecified atom stereocenters. The smallest absolute Gasteiger partial charge is 0.321 e. The van der Waals surface area contributed by atoms with Crippen LogP contribution in [0.2, 0.25) is 5.02 Å². The second-order valence-electron chi connectivity index (χ2n) is 5.62. The molecule has 0 heterocycles. The number of aromatic hydroxyl groups is 1. The van der Waals surface area contributed by atoms with E-state index in [4.69, 9.17) is 16.3 Å².